The maximum Gasteiger partial charge on any atom is 0.0431 e. The smallest absolute Gasteiger partial charge is 0.0431 e. The van der Waals surface area contributed by atoms with Crippen LogP contribution in [0.25, 0.3) is 0 Å². The first kappa shape index (κ1) is 16.0. The van der Waals surface area contributed by atoms with Crippen molar-refractivity contribution in [2.24, 2.45) is 11.8 Å². The molecular formula is C15H32O. The molecule has 0 rings (SSSR count). The van der Waals surface area contributed by atoms with Crippen molar-refractivity contribution < 1.29 is 5.11 Å². The zero-order valence-electron chi connectivity index (χ0n) is 11.7. The normalized spacial score (nSPS) is 13.3. The van der Waals surface area contributed by atoms with E-state index in [1.807, 2.05) is 0 Å². The summed E-state index contributed by atoms with van der Waals surface area (Å²) < 4.78 is 0. The van der Waals surface area contributed by atoms with Gasteiger partial charge >= 0.3 is 0 Å². The monoisotopic (exact) mass is 228 g/mol. The lowest BCUT2D eigenvalue weighted by molar-refractivity contribution is 0.282. The van der Waals surface area contributed by atoms with Gasteiger partial charge in [0.05, 0.1) is 0 Å². The largest absolute Gasteiger partial charge is 0.396 e. The quantitative estimate of drug-likeness (QED) is 0.504. The van der Waals surface area contributed by atoms with E-state index in [1.54, 1.807) is 0 Å². The first-order valence-electron chi connectivity index (χ1n) is 7.31. The van der Waals surface area contributed by atoms with E-state index in [0.29, 0.717) is 6.61 Å². The molecule has 0 saturated carbocycles. The zero-order chi connectivity index (χ0) is 12.2. The Morgan fingerprint density at radius 1 is 0.875 bits per heavy atom. The predicted molar refractivity (Wildman–Crippen MR) is 72.6 cm³/mol. The van der Waals surface area contributed by atoms with E-state index in [1.165, 1.54) is 51.4 Å². The Morgan fingerprint density at radius 3 is 1.94 bits per heavy atom. The summed E-state index contributed by atoms with van der Waals surface area (Å²) in [6.07, 6.45) is 11.8. The van der Waals surface area contributed by atoms with Gasteiger partial charge in [-0.1, -0.05) is 65.7 Å². The van der Waals surface area contributed by atoms with Crippen LogP contribution in [0.3, 0.4) is 0 Å². The van der Waals surface area contributed by atoms with Crippen LogP contribution in [0.5, 0.6) is 0 Å². The number of rotatable bonds is 11. The third-order valence-corrected chi connectivity index (χ3v) is 3.40. The van der Waals surface area contributed by atoms with Crippen molar-refractivity contribution >= 4 is 0 Å². The number of hydrogen-bond donors (Lipinski definition) is 1. The Hall–Kier alpha value is -0.0400. The molecule has 1 N–H and O–H groups in total. The second-order valence-corrected chi connectivity index (χ2v) is 5.54. The maximum atomic E-state index is 8.66. The Bertz CT molecular complexity index is 131. The van der Waals surface area contributed by atoms with Crippen LogP contribution >= 0.6 is 0 Å². The summed E-state index contributed by atoms with van der Waals surface area (Å²) in [5.41, 5.74) is 0. The highest BCUT2D eigenvalue weighted by molar-refractivity contribution is 4.60. The molecule has 0 aliphatic carbocycles. The molecule has 1 heteroatoms. The lowest BCUT2D eigenvalue weighted by Crippen LogP contribution is -2.03. The lowest BCUT2D eigenvalue weighted by atomic mass is 9.90. The highest BCUT2D eigenvalue weighted by Crippen LogP contribution is 2.21. The standard InChI is InChI=1S/C15H32O/c1-4-15(13-14(2)3)11-9-7-5-6-8-10-12-16/h14-16H,4-13H2,1-3H3. The second-order valence-electron chi connectivity index (χ2n) is 5.54. The van der Waals surface area contributed by atoms with E-state index in [0.717, 1.165) is 18.3 Å². The van der Waals surface area contributed by atoms with E-state index >= 15 is 0 Å². The fourth-order valence-electron chi connectivity index (χ4n) is 2.41. The van der Waals surface area contributed by atoms with Crippen LogP contribution in [0.2, 0.25) is 0 Å². The van der Waals surface area contributed by atoms with Gasteiger partial charge in [0.2, 0.25) is 0 Å². The topological polar surface area (TPSA) is 20.2 Å². The van der Waals surface area contributed by atoms with Gasteiger partial charge in [-0.15, -0.1) is 0 Å². The molecule has 0 aromatic heterocycles. The van der Waals surface area contributed by atoms with Crippen molar-refractivity contribution in [3.05, 3.63) is 0 Å². The zero-order valence-corrected chi connectivity index (χ0v) is 11.7. The maximum absolute atomic E-state index is 8.66. The van der Waals surface area contributed by atoms with Crippen molar-refractivity contribution in [3.63, 3.8) is 0 Å². The van der Waals surface area contributed by atoms with Gasteiger partial charge in [-0.2, -0.15) is 0 Å². The van der Waals surface area contributed by atoms with Crippen LogP contribution in [-0.4, -0.2) is 11.7 Å². The summed E-state index contributed by atoms with van der Waals surface area (Å²) in [4.78, 5) is 0. The van der Waals surface area contributed by atoms with E-state index in [4.69, 9.17) is 5.11 Å². The first-order valence-corrected chi connectivity index (χ1v) is 7.31. The third kappa shape index (κ3) is 10.5. The van der Waals surface area contributed by atoms with Crippen LogP contribution < -0.4 is 0 Å². The number of aliphatic hydroxyl groups excluding tert-OH is 1. The fraction of sp³-hybridized carbons (Fsp3) is 1.00. The molecule has 0 amide bonds. The molecule has 0 saturated heterocycles. The summed E-state index contributed by atoms with van der Waals surface area (Å²) in [7, 11) is 0. The third-order valence-electron chi connectivity index (χ3n) is 3.40. The number of hydrogen-bond acceptors (Lipinski definition) is 1. The van der Waals surface area contributed by atoms with Crippen molar-refractivity contribution in [2.75, 3.05) is 6.61 Å². The number of aliphatic hydroxyl groups is 1. The van der Waals surface area contributed by atoms with Gasteiger partial charge < -0.3 is 5.11 Å². The van der Waals surface area contributed by atoms with Gasteiger partial charge in [-0.05, 0) is 24.7 Å². The van der Waals surface area contributed by atoms with Gasteiger partial charge in [0.1, 0.15) is 0 Å². The minimum atomic E-state index is 0.367. The Kier molecular flexibility index (Phi) is 11.4. The van der Waals surface area contributed by atoms with E-state index in [2.05, 4.69) is 20.8 Å². The average Bonchev–Trinajstić information content (AvgIpc) is 2.25. The molecule has 1 unspecified atom stereocenters. The molecule has 0 aromatic carbocycles. The van der Waals surface area contributed by atoms with Crippen molar-refractivity contribution in [1.29, 1.82) is 0 Å². The molecule has 1 nitrogen and oxygen atoms in total. The minimum absolute atomic E-state index is 0.367. The Morgan fingerprint density at radius 2 is 1.44 bits per heavy atom. The molecule has 0 bridgehead atoms. The SMILES string of the molecule is CCC(CCCCCCCCO)CC(C)C. The molecule has 0 spiro atoms. The molecule has 0 fully saturated rings. The molecule has 0 aliphatic heterocycles. The van der Waals surface area contributed by atoms with Crippen LogP contribution in [-0.2, 0) is 0 Å². The van der Waals surface area contributed by atoms with Gasteiger partial charge in [-0.3, -0.25) is 0 Å². The van der Waals surface area contributed by atoms with Crippen molar-refractivity contribution in [3.8, 4) is 0 Å². The van der Waals surface area contributed by atoms with E-state index in [-0.39, 0.29) is 0 Å². The molecule has 0 aromatic rings. The van der Waals surface area contributed by atoms with Gasteiger partial charge in [0, 0.05) is 6.61 Å². The van der Waals surface area contributed by atoms with Crippen LogP contribution in [0.15, 0.2) is 0 Å². The molecular weight excluding hydrogens is 196 g/mol. The molecule has 0 radical (unpaired) electrons. The number of unbranched alkanes of at least 4 members (excludes halogenated alkanes) is 5. The van der Waals surface area contributed by atoms with Crippen molar-refractivity contribution in [2.45, 2.75) is 78.6 Å². The van der Waals surface area contributed by atoms with Crippen LogP contribution in [0.4, 0.5) is 0 Å². The summed E-state index contributed by atoms with van der Waals surface area (Å²) in [6, 6.07) is 0. The van der Waals surface area contributed by atoms with Gasteiger partial charge in [0.15, 0.2) is 0 Å². The Labute approximate surface area is 103 Å². The van der Waals surface area contributed by atoms with Crippen LogP contribution in [0.1, 0.15) is 78.6 Å². The van der Waals surface area contributed by atoms with Gasteiger partial charge in [0.25, 0.3) is 0 Å². The van der Waals surface area contributed by atoms with Gasteiger partial charge in [-0.25, -0.2) is 0 Å². The molecule has 0 heterocycles. The highest BCUT2D eigenvalue weighted by atomic mass is 16.2. The lowest BCUT2D eigenvalue weighted by Gasteiger charge is -2.16. The summed E-state index contributed by atoms with van der Waals surface area (Å²) >= 11 is 0. The summed E-state index contributed by atoms with van der Waals surface area (Å²) in [6.45, 7) is 7.36. The second kappa shape index (κ2) is 11.4. The highest BCUT2D eigenvalue weighted by Gasteiger charge is 2.07. The summed E-state index contributed by atoms with van der Waals surface area (Å²) in [5, 5.41) is 8.66. The van der Waals surface area contributed by atoms with E-state index < -0.39 is 0 Å². The fourth-order valence-corrected chi connectivity index (χ4v) is 2.41. The Balaban J connectivity index is 3.27. The molecule has 0 aliphatic rings. The van der Waals surface area contributed by atoms with Crippen LogP contribution in [0, 0.1) is 11.8 Å². The molecule has 16 heavy (non-hydrogen) atoms. The predicted octanol–water partition coefficient (Wildman–Crippen LogP) is 4.78. The molecule has 98 valence electrons. The first-order chi connectivity index (χ1) is 7.70. The van der Waals surface area contributed by atoms with E-state index in [9.17, 15) is 0 Å². The summed E-state index contributed by atoms with van der Waals surface area (Å²) in [5.74, 6) is 1.81. The average molecular weight is 228 g/mol. The molecule has 1 atom stereocenters. The minimum Gasteiger partial charge on any atom is -0.396 e. The van der Waals surface area contributed by atoms with Crippen molar-refractivity contribution in [1.82, 2.24) is 0 Å².